The normalized spacial score (nSPS) is 15.6. The van der Waals surface area contributed by atoms with Crippen molar-refractivity contribution in [2.75, 3.05) is 6.61 Å². The molecule has 3 heterocycles. The maximum atomic E-state index is 13.2. The van der Waals surface area contributed by atoms with Gasteiger partial charge in [-0.15, -0.1) is 10.2 Å². The van der Waals surface area contributed by atoms with E-state index in [1.165, 1.54) is 0 Å². The van der Waals surface area contributed by atoms with E-state index in [9.17, 15) is 4.79 Å². The zero-order valence-electron chi connectivity index (χ0n) is 16.3. The molecule has 0 spiro atoms. The average Bonchev–Trinajstić information content (AvgIpc) is 3.35. The molecule has 2 aromatic heterocycles. The monoisotopic (exact) mass is 437 g/mol. The highest BCUT2D eigenvalue weighted by Gasteiger charge is 2.27. The molecule has 0 aliphatic carbocycles. The summed E-state index contributed by atoms with van der Waals surface area (Å²) < 4.78 is 12.6. The van der Waals surface area contributed by atoms with Crippen molar-refractivity contribution in [2.24, 2.45) is 0 Å². The van der Waals surface area contributed by atoms with Gasteiger partial charge in [-0.2, -0.15) is 0 Å². The molecule has 0 saturated heterocycles. The van der Waals surface area contributed by atoms with Gasteiger partial charge in [-0.25, -0.2) is 0 Å². The number of benzene rings is 2. The Hall–Kier alpha value is -2.84. The first-order chi connectivity index (χ1) is 14.7. The number of thioether (sulfide) groups is 1. The highest BCUT2D eigenvalue weighted by atomic mass is 32.2. The van der Waals surface area contributed by atoms with Crippen LogP contribution in [-0.2, 0) is 5.75 Å². The lowest BCUT2D eigenvalue weighted by Crippen LogP contribution is -2.32. The molecule has 1 atom stereocenters. The highest BCUT2D eigenvalue weighted by molar-refractivity contribution is 8.00. The lowest BCUT2D eigenvalue weighted by atomic mass is 10.0. The first-order valence-corrected chi connectivity index (χ1v) is 11.4. The van der Waals surface area contributed by atoms with Crippen molar-refractivity contribution < 1.29 is 13.9 Å². The lowest BCUT2D eigenvalue weighted by molar-refractivity contribution is 0.0898. The minimum atomic E-state index is -0.211. The number of aryl methyl sites for hydroxylation is 1. The number of para-hydroxylation sites is 2. The third kappa shape index (κ3) is 3.68. The predicted molar refractivity (Wildman–Crippen MR) is 117 cm³/mol. The molecule has 0 radical (unpaired) electrons. The number of rotatable bonds is 5. The molecule has 8 heteroatoms. The molecular formula is C22H19N3O3S2. The number of fused-ring (bicyclic) bond motifs is 2. The smallest absolute Gasteiger partial charge is 0.287 e. The maximum Gasteiger partial charge on any atom is 0.287 e. The van der Waals surface area contributed by atoms with Crippen LogP contribution in [0.1, 0.15) is 39.2 Å². The summed E-state index contributed by atoms with van der Waals surface area (Å²) in [5.74, 6) is 1.55. The molecule has 152 valence electrons. The van der Waals surface area contributed by atoms with E-state index in [-0.39, 0.29) is 11.9 Å². The Bertz CT molecular complexity index is 1220. The number of amides is 1. The second-order valence-corrected chi connectivity index (χ2v) is 9.39. The van der Waals surface area contributed by atoms with Gasteiger partial charge < -0.3 is 14.5 Å². The number of furan rings is 1. The SMILES string of the molecule is Cc1nnc(SCc2c(C(=O)NC3CCOc4ccccc43)oc3ccccc23)s1. The molecule has 0 fully saturated rings. The number of hydrogen-bond donors (Lipinski definition) is 1. The third-order valence-corrected chi connectivity index (χ3v) is 7.01. The number of nitrogens with one attached hydrogen (secondary N) is 1. The van der Waals surface area contributed by atoms with Gasteiger partial charge in [0.1, 0.15) is 16.3 Å². The topological polar surface area (TPSA) is 77.2 Å². The van der Waals surface area contributed by atoms with Crippen molar-refractivity contribution >= 4 is 40.0 Å². The van der Waals surface area contributed by atoms with Gasteiger partial charge in [0.25, 0.3) is 5.91 Å². The third-order valence-electron chi connectivity index (χ3n) is 5.02. The van der Waals surface area contributed by atoms with Crippen molar-refractivity contribution in [3.05, 3.63) is 70.4 Å². The van der Waals surface area contributed by atoms with Gasteiger partial charge in [-0.05, 0) is 19.1 Å². The van der Waals surface area contributed by atoms with Crippen LogP contribution in [0.15, 0.2) is 57.3 Å². The van der Waals surface area contributed by atoms with Gasteiger partial charge in [0, 0.05) is 28.7 Å². The summed E-state index contributed by atoms with van der Waals surface area (Å²) in [7, 11) is 0. The highest BCUT2D eigenvalue weighted by Crippen LogP contribution is 2.35. The molecule has 1 amide bonds. The van der Waals surface area contributed by atoms with Gasteiger partial charge in [0.05, 0.1) is 12.6 Å². The van der Waals surface area contributed by atoms with E-state index in [4.69, 9.17) is 9.15 Å². The van der Waals surface area contributed by atoms with Gasteiger partial charge >= 0.3 is 0 Å². The molecule has 2 aromatic carbocycles. The lowest BCUT2D eigenvalue weighted by Gasteiger charge is -2.26. The molecule has 4 aromatic rings. The minimum Gasteiger partial charge on any atom is -0.493 e. The molecule has 6 nitrogen and oxygen atoms in total. The zero-order valence-corrected chi connectivity index (χ0v) is 17.9. The van der Waals surface area contributed by atoms with E-state index >= 15 is 0 Å². The van der Waals surface area contributed by atoms with E-state index in [1.54, 1.807) is 23.1 Å². The number of carbonyl (C=O) groups is 1. The predicted octanol–water partition coefficient (Wildman–Crippen LogP) is 5.14. The van der Waals surface area contributed by atoms with Crippen molar-refractivity contribution in [1.29, 1.82) is 0 Å². The molecular weight excluding hydrogens is 418 g/mol. The molecule has 0 bridgehead atoms. The Morgan fingerprint density at radius 3 is 2.90 bits per heavy atom. The van der Waals surface area contributed by atoms with Gasteiger partial charge in [-0.1, -0.05) is 59.5 Å². The average molecular weight is 438 g/mol. The minimum absolute atomic E-state index is 0.109. The van der Waals surface area contributed by atoms with Crippen molar-refractivity contribution in [3.8, 4) is 5.75 Å². The van der Waals surface area contributed by atoms with Crippen LogP contribution in [0.4, 0.5) is 0 Å². The maximum absolute atomic E-state index is 13.2. The van der Waals surface area contributed by atoms with E-state index in [1.807, 2.05) is 55.5 Å². The first-order valence-electron chi connectivity index (χ1n) is 9.65. The van der Waals surface area contributed by atoms with E-state index in [0.717, 1.165) is 38.0 Å². The van der Waals surface area contributed by atoms with Gasteiger partial charge in [0.15, 0.2) is 10.1 Å². The Kier molecular flexibility index (Phi) is 5.18. The number of aromatic nitrogens is 2. The summed E-state index contributed by atoms with van der Waals surface area (Å²) >= 11 is 3.11. The van der Waals surface area contributed by atoms with E-state index in [0.29, 0.717) is 23.7 Å². The molecule has 5 rings (SSSR count). The van der Waals surface area contributed by atoms with E-state index < -0.39 is 0 Å². The molecule has 30 heavy (non-hydrogen) atoms. The number of nitrogens with zero attached hydrogens (tertiary/aromatic N) is 2. The molecule has 1 N–H and O–H groups in total. The standard InChI is InChI=1S/C22H19N3O3S2/c1-13-24-25-22(30-13)29-12-16-14-6-2-5-9-19(14)28-20(16)21(26)23-17-10-11-27-18-8-4-3-7-15(17)18/h2-9,17H,10-12H2,1H3,(H,23,26). The van der Waals surface area contributed by atoms with Crippen LogP contribution in [0.2, 0.25) is 0 Å². The fourth-order valence-corrected chi connectivity index (χ4v) is 5.46. The van der Waals surface area contributed by atoms with Crippen molar-refractivity contribution in [2.45, 2.75) is 29.5 Å². The van der Waals surface area contributed by atoms with Crippen LogP contribution in [-0.4, -0.2) is 22.7 Å². The second-order valence-electron chi connectivity index (χ2n) is 6.98. The van der Waals surface area contributed by atoms with Crippen LogP contribution in [0, 0.1) is 6.92 Å². The molecule has 1 unspecified atom stereocenters. The Morgan fingerprint density at radius 1 is 1.20 bits per heavy atom. The summed E-state index contributed by atoms with van der Waals surface area (Å²) in [5.41, 5.74) is 2.58. The van der Waals surface area contributed by atoms with Crippen LogP contribution in [0.5, 0.6) is 5.75 Å². The van der Waals surface area contributed by atoms with Crippen LogP contribution >= 0.6 is 23.1 Å². The Balaban J connectivity index is 1.44. The summed E-state index contributed by atoms with van der Waals surface area (Å²) in [4.78, 5) is 13.2. The number of carbonyl (C=O) groups excluding carboxylic acids is 1. The number of ether oxygens (including phenoxy) is 1. The summed E-state index contributed by atoms with van der Waals surface area (Å²) in [6.45, 7) is 2.50. The van der Waals surface area contributed by atoms with Gasteiger partial charge in [-0.3, -0.25) is 4.79 Å². The molecule has 1 aliphatic heterocycles. The van der Waals surface area contributed by atoms with Crippen molar-refractivity contribution in [3.63, 3.8) is 0 Å². The van der Waals surface area contributed by atoms with Crippen molar-refractivity contribution in [1.82, 2.24) is 15.5 Å². The Labute approximate surface area is 181 Å². The fraction of sp³-hybridized carbons (Fsp3) is 0.227. The van der Waals surface area contributed by atoms with E-state index in [2.05, 4.69) is 15.5 Å². The fourth-order valence-electron chi connectivity index (χ4n) is 3.61. The van der Waals surface area contributed by atoms with Crippen LogP contribution in [0.25, 0.3) is 11.0 Å². The summed E-state index contributed by atoms with van der Waals surface area (Å²) in [5, 5.41) is 13.3. The largest absolute Gasteiger partial charge is 0.493 e. The van der Waals surface area contributed by atoms with Gasteiger partial charge in [0.2, 0.25) is 0 Å². The van der Waals surface area contributed by atoms with Crippen LogP contribution in [0.3, 0.4) is 0 Å². The van der Waals surface area contributed by atoms with Crippen LogP contribution < -0.4 is 10.1 Å². The molecule has 0 saturated carbocycles. The summed E-state index contributed by atoms with van der Waals surface area (Å²) in [6, 6.07) is 15.5. The zero-order chi connectivity index (χ0) is 20.5. The summed E-state index contributed by atoms with van der Waals surface area (Å²) in [6.07, 6.45) is 0.719. The Morgan fingerprint density at radius 2 is 2.03 bits per heavy atom. The first kappa shape index (κ1) is 19.1. The quantitative estimate of drug-likeness (QED) is 0.436. The number of hydrogen-bond acceptors (Lipinski definition) is 7. The molecule has 1 aliphatic rings. The second kappa shape index (κ2) is 8.12.